The highest BCUT2D eigenvalue weighted by molar-refractivity contribution is 7.99. The maximum Gasteiger partial charge on any atom is 0.257 e. The highest BCUT2D eigenvalue weighted by Crippen LogP contribution is 2.36. The fourth-order valence-electron chi connectivity index (χ4n) is 2.09. The summed E-state index contributed by atoms with van der Waals surface area (Å²) in [4.78, 5) is 15.5. The van der Waals surface area contributed by atoms with Crippen LogP contribution in [0.5, 0.6) is 0 Å². The summed E-state index contributed by atoms with van der Waals surface area (Å²) >= 11 is 12.9. The van der Waals surface area contributed by atoms with Crippen molar-refractivity contribution < 1.29 is 9.18 Å². The Morgan fingerprint density at radius 3 is 2.94 bits per heavy atom. The van der Waals surface area contributed by atoms with Crippen molar-refractivity contribution in [1.29, 1.82) is 0 Å². The molecule has 18 heavy (non-hydrogen) atoms. The minimum absolute atomic E-state index is 0.0847. The van der Waals surface area contributed by atoms with E-state index in [1.54, 1.807) is 11.8 Å². The predicted molar refractivity (Wildman–Crippen MR) is 74.4 cm³/mol. The Kier molecular flexibility index (Phi) is 2.96. The molecule has 0 bridgehead atoms. The molecule has 3 nitrogen and oxygen atoms in total. The fourth-order valence-corrected chi connectivity index (χ4v) is 3.96. The molecule has 1 aromatic rings. The molecule has 1 unspecified atom stereocenters. The number of halogens is 2. The summed E-state index contributed by atoms with van der Waals surface area (Å²) < 4.78 is 13.0. The molecule has 0 spiro atoms. The molecule has 0 N–H and O–H groups in total. The second-order valence-electron chi connectivity index (χ2n) is 4.04. The van der Waals surface area contributed by atoms with Gasteiger partial charge in [0, 0.05) is 5.75 Å². The largest absolute Gasteiger partial charge is 0.326 e. The average Bonchev–Trinajstić information content (AvgIpc) is 2.87. The molecule has 1 aromatic carbocycles. The molecule has 1 atom stereocenters. The Morgan fingerprint density at radius 2 is 2.28 bits per heavy atom. The zero-order chi connectivity index (χ0) is 12.9. The number of thiocarbonyl (C=S) groups is 1. The third-order valence-electron chi connectivity index (χ3n) is 2.98. The number of fused-ring (bicyclic) bond motifs is 1. The number of hydrogen-bond acceptors (Lipinski definition) is 3. The number of hydrogen-bond donors (Lipinski definition) is 0. The number of nitrogens with zero attached hydrogens (tertiary/aromatic N) is 2. The Morgan fingerprint density at radius 1 is 1.50 bits per heavy atom. The van der Waals surface area contributed by atoms with Crippen LogP contribution in [-0.2, 0) is 4.79 Å². The van der Waals surface area contributed by atoms with E-state index >= 15 is 0 Å². The first kappa shape index (κ1) is 12.2. The summed E-state index contributed by atoms with van der Waals surface area (Å²) in [5.74, 6) is 0.926. The molecule has 2 fully saturated rings. The molecule has 2 aliphatic heterocycles. The minimum Gasteiger partial charge on any atom is -0.326 e. The first-order valence-corrected chi connectivity index (χ1v) is 7.21. The predicted octanol–water partition coefficient (Wildman–Crippen LogP) is 2.49. The maximum absolute atomic E-state index is 13.0. The van der Waals surface area contributed by atoms with E-state index in [0.29, 0.717) is 16.7 Å². The standard InChI is InChI=1S/C11H8ClFN2OS2/c12-7-3-6(13)1-2-8(7)15-10(16)9-4-18-5-14(9)11(15)17/h1-3,9H,4-5H2. The van der Waals surface area contributed by atoms with Crippen molar-refractivity contribution in [2.24, 2.45) is 0 Å². The molecule has 7 heteroatoms. The van der Waals surface area contributed by atoms with Gasteiger partial charge in [0.05, 0.1) is 16.6 Å². The molecule has 1 amide bonds. The third-order valence-corrected chi connectivity index (χ3v) is 4.71. The first-order valence-electron chi connectivity index (χ1n) is 5.27. The Bertz CT molecular complexity index is 532. The number of amides is 1. The molecular weight excluding hydrogens is 295 g/mol. The zero-order valence-corrected chi connectivity index (χ0v) is 11.5. The molecule has 3 rings (SSSR count). The smallest absolute Gasteiger partial charge is 0.257 e. The second-order valence-corrected chi connectivity index (χ2v) is 5.81. The minimum atomic E-state index is -0.433. The van der Waals surface area contributed by atoms with E-state index in [4.69, 9.17) is 23.8 Å². The molecular formula is C11H8ClFN2OS2. The van der Waals surface area contributed by atoms with Gasteiger partial charge in [-0.25, -0.2) is 4.39 Å². The van der Waals surface area contributed by atoms with Crippen LogP contribution in [0.1, 0.15) is 0 Å². The van der Waals surface area contributed by atoms with Gasteiger partial charge in [0.1, 0.15) is 11.9 Å². The lowest BCUT2D eigenvalue weighted by Gasteiger charge is -2.19. The van der Waals surface area contributed by atoms with Crippen LogP contribution >= 0.6 is 35.6 Å². The molecule has 2 saturated heterocycles. The molecule has 94 valence electrons. The molecule has 0 radical (unpaired) electrons. The van der Waals surface area contributed by atoms with E-state index in [-0.39, 0.29) is 17.0 Å². The lowest BCUT2D eigenvalue weighted by atomic mass is 10.2. The van der Waals surface area contributed by atoms with Gasteiger partial charge in [-0.15, -0.1) is 11.8 Å². The SMILES string of the molecule is O=C1C2CSCN2C(=S)N1c1ccc(F)cc1Cl. The first-order chi connectivity index (χ1) is 8.59. The van der Waals surface area contributed by atoms with E-state index < -0.39 is 5.82 Å². The molecule has 0 aliphatic carbocycles. The molecule has 2 heterocycles. The Hall–Kier alpha value is -0.850. The third kappa shape index (κ3) is 1.71. The van der Waals surface area contributed by atoms with Crippen LogP contribution in [0.3, 0.4) is 0 Å². The van der Waals surface area contributed by atoms with Gasteiger partial charge in [0.25, 0.3) is 5.91 Å². The van der Waals surface area contributed by atoms with Crippen LogP contribution in [0.15, 0.2) is 18.2 Å². The summed E-state index contributed by atoms with van der Waals surface area (Å²) in [6.07, 6.45) is 0. The van der Waals surface area contributed by atoms with Gasteiger partial charge in [-0.3, -0.25) is 9.69 Å². The second kappa shape index (κ2) is 4.36. The number of carbonyl (C=O) groups is 1. The lowest BCUT2D eigenvalue weighted by Crippen LogP contribution is -2.32. The molecule has 2 aliphatic rings. The van der Waals surface area contributed by atoms with Crippen LogP contribution < -0.4 is 4.90 Å². The van der Waals surface area contributed by atoms with Gasteiger partial charge in [-0.2, -0.15) is 0 Å². The monoisotopic (exact) mass is 302 g/mol. The summed E-state index contributed by atoms with van der Waals surface area (Å²) in [7, 11) is 0. The van der Waals surface area contributed by atoms with Crippen LogP contribution in [0.25, 0.3) is 0 Å². The maximum atomic E-state index is 13.0. The highest BCUT2D eigenvalue weighted by atomic mass is 35.5. The quantitative estimate of drug-likeness (QED) is 0.744. The summed E-state index contributed by atoms with van der Waals surface area (Å²) in [6, 6.07) is 3.74. The van der Waals surface area contributed by atoms with E-state index in [9.17, 15) is 9.18 Å². The number of rotatable bonds is 1. The summed E-state index contributed by atoms with van der Waals surface area (Å²) in [5, 5.41) is 0.642. The van der Waals surface area contributed by atoms with Crippen LogP contribution in [0.4, 0.5) is 10.1 Å². The number of carbonyl (C=O) groups excluding carboxylic acids is 1. The van der Waals surface area contributed by atoms with E-state index in [1.807, 2.05) is 4.90 Å². The van der Waals surface area contributed by atoms with Gasteiger partial charge in [-0.1, -0.05) is 11.6 Å². The Balaban J connectivity index is 2.02. The van der Waals surface area contributed by atoms with Crippen LogP contribution in [0, 0.1) is 5.82 Å². The van der Waals surface area contributed by atoms with Gasteiger partial charge in [0.15, 0.2) is 5.11 Å². The number of thioether (sulfide) groups is 1. The fraction of sp³-hybridized carbons (Fsp3) is 0.273. The van der Waals surface area contributed by atoms with E-state index in [0.717, 1.165) is 5.75 Å². The van der Waals surface area contributed by atoms with Crippen molar-refractivity contribution in [3.63, 3.8) is 0 Å². The van der Waals surface area contributed by atoms with Crippen molar-refractivity contribution >= 4 is 52.3 Å². The van der Waals surface area contributed by atoms with E-state index in [2.05, 4.69) is 0 Å². The normalized spacial score (nSPS) is 22.9. The van der Waals surface area contributed by atoms with Gasteiger partial charge in [-0.05, 0) is 30.4 Å². The highest BCUT2D eigenvalue weighted by Gasteiger charge is 2.46. The van der Waals surface area contributed by atoms with Crippen molar-refractivity contribution in [2.45, 2.75) is 6.04 Å². The van der Waals surface area contributed by atoms with E-state index in [1.165, 1.54) is 23.1 Å². The van der Waals surface area contributed by atoms with Crippen LogP contribution in [-0.4, -0.2) is 33.6 Å². The van der Waals surface area contributed by atoms with Gasteiger partial charge in [0.2, 0.25) is 0 Å². The molecule has 0 aromatic heterocycles. The number of benzene rings is 1. The molecule has 0 saturated carbocycles. The average molecular weight is 303 g/mol. The summed E-state index contributed by atoms with van der Waals surface area (Å²) in [6.45, 7) is 0. The van der Waals surface area contributed by atoms with Crippen molar-refractivity contribution in [3.8, 4) is 0 Å². The number of anilines is 1. The van der Waals surface area contributed by atoms with Gasteiger partial charge < -0.3 is 4.90 Å². The Labute approximate surface area is 118 Å². The van der Waals surface area contributed by atoms with Crippen LogP contribution in [0.2, 0.25) is 5.02 Å². The zero-order valence-electron chi connectivity index (χ0n) is 9.10. The summed E-state index contributed by atoms with van der Waals surface area (Å²) in [5.41, 5.74) is 0.451. The van der Waals surface area contributed by atoms with Crippen molar-refractivity contribution in [1.82, 2.24) is 4.90 Å². The van der Waals surface area contributed by atoms with Crippen molar-refractivity contribution in [2.75, 3.05) is 16.5 Å². The van der Waals surface area contributed by atoms with Gasteiger partial charge >= 0.3 is 0 Å². The van der Waals surface area contributed by atoms with Crippen molar-refractivity contribution in [3.05, 3.63) is 29.0 Å². The lowest BCUT2D eigenvalue weighted by molar-refractivity contribution is -0.118. The topological polar surface area (TPSA) is 23.6 Å².